The van der Waals surface area contributed by atoms with Gasteiger partial charge in [0.1, 0.15) is 5.75 Å². The predicted molar refractivity (Wildman–Crippen MR) is 125 cm³/mol. The number of amides is 1. The van der Waals surface area contributed by atoms with Crippen molar-refractivity contribution in [3.8, 4) is 5.75 Å². The number of methoxy groups -OCH3 is 1. The number of aromatic nitrogens is 1. The number of ether oxygens (including phenoxy) is 1. The maximum absolute atomic E-state index is 13.1. The van der Waals surface area contributed by atoms with Gasteiger partial charge in [0.05, 0.1) is 19.0 Å². The van der Waals surface area contributed by atoms with Crippen molar-refractivity contribution >= 4 is 23.1 Å². The van der Waals surface area contributed by atoms with Crippen molar-refractivity contribution in [1.29, 1.82) is 0 Å². The van der Waals surface area contributed by atoms with E-state index in [4.69, 9.17) is 4.74 Å². The van der Waals surface area contributed by atoms with Crippen molar-refractivity contribution < 1.29 is 14.3 Å². The van der Waals surface area contributed by atoms with Gasteiger partial charge in [0.25, 0.3) is 5.91 Å². The van der Waals surface area contributed by atoms with Gasteiger partial charge in [-0.25, -0.2) is 0 Å². The molecule has 0 spiro atoms. The summed E-state index contributed by atoms with van der Waals surface area (Å²) in [6, 6.07) is 16.1. The van der Waals surface area contributed by atoms with Crippen LogP contribution in [0.3, 0.4) is 0 Å². The summed E-state index contributed by atoms with van der Waals surface area (Å²) in [6.07, 6.45) is 5.63. The van der Waals surface area contributed by atoms with E-state index in [-0.39, 0.29) is 17.2 Å². The Balaban J connectivity index is 1.63. The second kappa shape index (κ2) is 8.67. The van der Waals surface area contributed by atoms with Crippen LogP contribution in [0, 0.1) is 0 Å². The van der Waals surface area contributed by atoms with Crippen LogP contribution in [0.2, 0.25) is 0 Å². The predicted octanol–water partition coefficient (Wildman–Crippen LogP) is 4.49. The molecule has 6 nitrogen and oxygen atoms in total. The third-order valence-corrected chi connectivity index (χ3v) is 5.32. The van der Waals surface area contributed by atoms with Crippen LogP contribution in [0.15, 0.2) is 73.1 Å². The van der Waals surface area contributed by atoms with Crippen molar-refractivity contribution in [2.75, 3.05) is 12.4 Å². The van der Waals surface area contributed by atoms with Crippen LogP contribution in [0.1, 0.15) is 45.7 Å². The number of benzene rings is 2. The van der Waals surface area contributed by atoms with Crippen LogP contribution >= 0.6 is 0 Å². The summed E-state index contributed by atoms with van der Waals surface area (Å²) in [5, 5.41) is 6.26. The van der Waals surface area contributed by atoms with Gasteiger partial charge in [-0.15, -0.1) is 0 Å². The average molecular weight is 428 g/mol. The molecule has 0 atom stereocenters. The molecule has 0 aliphatic carbocycles. The van der Waals surface area contributed by atoms with Crippen molar-refractivity contribution in [3.63, 3.8) is 0 Å². The number of carbonyl (C=O) groups is 2. The van der Waals surface area contributed by atoms with E-state index < -0.39 is 0 Å². The molecule has 1 amide bonds. The number of allylic oxidation sites excluding steroid dienone is 1. The van der Waals surface area contributed by atoms with Crippen LogP contribution in [-0.4, -0.2) is 29.3 Å². The highest BCUT2D eigenvalue weighted by atomic mass is 16.5. The molecule has 3 aromatic rings. The second-order valence-corrected chi connectivity index (χ2v) is 8.41. The third-order valence-electron chi connectivity index (χ3n) is 5.32. The smallest absolute Gasteiger partial charge is 0.255 e. The topological polar surface area (TPSA) is 80.3 Å². The first-order chi connectivity index (χ1) is 15.3. The first-order valence-electron chi connectivity index (χ1n) is 10.4. The summed E-state index contributed by atoms with van der Waals surface area (Å²) in [4.78, 5) is 29.7. The molecule has 6 heteroatoms. The summed E-state index contributed by atoms with van der Waals surface area (Å²) in [7, 11) is 1.62. The number of fused-ring (bicyclic) bond motifs is 1. The van der Waals surface area contributed by atoms with Gasteiger partial charge >= 0.3 is 0 Å². The highest BCUT2D eigenvalue weighted by molar-refractivity contribution is 6.11. The minimum atomic E-state index is -0.299. The molecule has 1 aromatic heterocycles. The van der Waals surface area contributed by atoms with Crippen molar-refractivity contribution in [1.82, 2.24) is 10.3 Å². The molecular weight excluding hydrogens is 402 g/mol. The van der Waals surface area contributed by atoms with E-state index in [1.54, 1.807) is 62.0 Å². The largest absolute Gasteiger partial charge is 0.497 e. The van der Waals surface area contributed by atoms with Gasteiger partial charge in [-0.2, -0.15) is 0 Å². The maximum atomic E-state index is 13.1. The lowest BCUT2D eigenvalue weighted by atomic mass is 9.85. The highest BCUT2D eigenvalue weighted by Crippen LogP contribution is 2.32. The molecule has 2 N–H and O–H groups in total. The molecule has 1 aliphatic rings. The maximum Gasteiger partial charge on any atom is 0.255 e. The van der Waals surface area contributed by atoms with Gasteiger partial charge < -0.3 is 15.4 Å². The molecule has 2 heterocycles. The molecule has 0 unspecified atom stereocenters. The number of hydrogen-bond acceptors (Lipinski definition) is 5. The fourth-order valence-electron chi connectivity index (χ4n) is 3.82. The summed E-state index contributed by atoms with van der Waals surface area (Å²) < 4.78 is 5.37. The molecule has 162 valence electrons. The number of anilines is 1. The number of ketones is 1. The van der Waals surface area contributed by atoms with Crippen LogP contribution in [0.5, 0.6) is 5.75 Å². The first-order valence-corrected chi connectivity index (χ1v) is 10.4. The molecule has 4 rings (SSSR count). The molecule has 2 aromatic carbocycles. The standard InChI is InChI=1S/C26H25N3O3/c1-26(2)15-19-9-10-21(32-3)13-22(19)23(29-26)14-24(30)17-6-4-7-18(12-17)25(31)28-20-8-5-11-27-16-20/h4-14,16,29H,15H2,1-3H3,(H,28,31)/b23-14-. The van der Waals surface area contributed by atoms with Gasteiger partial charge in [0, 0.05) is 40.2 Å². The lowest BCUT2D eigenvalue weighted by molar-refractivity contribution is 0.102. The summed E-state index contributed by atoms with van der Waals surface area (Å²) in [6.45, 7) is 4.20. The molecular formula is C26H25N3O3. The van der Waals surface area contributed by atoms with Gasteiger partial charge in [0.2, 0.25) is 0 Å². The Bertz CT molecular complexity index is 1200. The Morgan fingerprint density at radius 1 is 1.09 bits per heavy atom. The molecule has 1 aliphatic heterocycles. The lowest BCUT2D eigenvalue weighted by Crippen LogP contribution is -2.43. The number of nitrogens with one attached hydrogen (secondary N) is 2. The van der Waals surface area contributed by atoms with Gasteiger partial charge in [-0.1, -0.05) is 18.2 Å². The van der Waals surface area contributed by atoms with Gasteiger partial charge in [-0.05, 0) is 62.2 Å². The average Bonchev–Trinajstić information content (AvgIpc) is 2.79. The zero-order valence-corrected chi connectivity index (χ0v) is 18.3. The molecule has 0 saturated carbocycles. The number of hydrogen-bond donors (Lipinski definition) is 2. The second-order valence-electron chi connectivity index (χ2n) is 8.41. The first kappa shape index (κ1) is 21.3. The number of pyridine rings is 1. The Morgan fingerprint density at radius 2 is 1.91 bits per heavy atom. The van der Waals surface area contributed by atoms with Crippen LogP contribution in [-0.2, 0) is 6.42 Å². The fourth-order valence-corrected chi connectivity index (χ4v) is 3.82. The summed E-state index contributed by atoms with van der Waals surface area (Å²) in [5.74, 6) is 0.250. The molecule has 0 saturated heterocycles. The van der Waals surface area contributed by atoms with Gasteiger partial charge in [-0.3, -0.25) is 14.6 Å². The molecule has 0 bridgehead atoms. The molecule has 0 radical (unpaired) electrons. The fraction of sp³-hybridized carbons (Fsp3) is 0.192. The number of rotatable bonds is 5. The summed E-state index contributed by atoms with van der Waals surface area (Å²) in [5.41, 5.74) is 4.07. The Kier molecular flexibility index (Phi) is 5.77. The minimum Gasteiger partial charge on any atom is -0.497 e. The van der Waals surface area contributed by atoms with Gasteiger partial charge in [0.15, 0.2) is 5.78 Å². The lowest BCUT2D eigenvalue weighted by Gasteiger charge is -2.35. The minimum absolute atomic E-state index is 0.185. The number of nitrogens with zero attached hydrogens (tertiary/aromatic N) is 1. The monoisotopic (exact) mass is 427 g/mol. The van der Waals surface area contributed by atoms with Crippen molar-refractivity contribution in [2.45, 2.75) is 25.8 Å². The van der Waals surface area contributed by atoms with E-state index in [0.29, 0.717) is 16.8 Å². The van der Waals surface area contributed by atoms with Crippen molar-refractivity contribution in [3.05, 3.63) is 95.3 Å². The Morgan fingerprint density at radius 3 is 2.66 bits per heavy atom. The van der Waals surface area contributed by atoms with E-state index in [1.807, 2.05) is 18.2 Å². The van der Waals surface area contributed by atoms with E-state index in [1.165, 1.54) is 0 Å². The zero-order valence-electron chi connectivity index (χ0n) is 18.3. The number of carbonyl (C=O) groups excluding carboxylic acids is 2. The van der Waals surface area contributed by atoms with E-state index in [0.717, 1.165) is 29.0 Å². The molecule has 32 heavy (non-hydrogen) atoms. The van der Waals surface area contributed by atoms with Crippen molar-refractivity contribution in [2.24, 2.45) is 0 Å². The SMILES string of the molecule is COc1ccc2c(c1)/C(=C/C(=O)c1cccc(C(=O)Nc3cccnc3)c1)NC(C)(C)C2. The van der Waals surface area contributed by atoms with E-state index in [2.05, 4.69) is 29.5 Å². The van der Waals surface area contributed by atoms with Crippen LogP contribution in [0.4, 0.5) is 5.69 Å². The summed E-state index contributed by atoms with van der Waals surface area (Å²) >= 11 is 0. The Hall–Kier alpha value is -3.93. The van der Waals surface area contributed by atoms with E-state index in [9.17, 15) is 9.59 Å². The molecule has 0 fully saturated rings. The highest BCUT2D eigenvalue weighted by Gasteiger charge is 2.28. The normalized spacial score (nSPS) is 15.4. The van der Waals surface area contributed by atoms with Crippen LogP contribution in [0.25, 0.3) is 5.70 Å². The Labute approximate surface area is 187 Å². The van der Waals surface area contributed by atoms with Crippen LogP contribution < -0.4 is 15.4 Å². The third kappa shape index (κ3) is 4.70. The quantitative estimate of drug-likeness (QED) is 0.463. The zero-order chi connectivity index (χ0) is 22.7. The van der Waals surface area contributed by atoms with E-state index >= 15 is 0 Å².